The maximum Gasteiger partial charge on any atom is 0.338 e. The van der Waals surface area contributed by atoms with Crippen molar-refractivity contribution in [2.45, 2.75) is 38.1 Å². The molecular formula is C16H21N3O4. The molecule has 1 aromatic carbocycles. The van der Waals surface area contributed by atoms with Crippen LogP contribution in [0.5, 0.6) is 0 Å². The third-order valence-corrected chi connectivity index (χ3v) is 3.69. The summed E-state index contributed by atoms with van der Waals surface area (Å²) in [5.74, 6) is -0.869. The van der Waals surface area contributed by atoms with Crippen LogP contribution < -0.4 is 16.4 Å². The number of ether oxygens (including phenoxy) is 1. The molecule has 0 radical (unpaired) electrons. The average molecular weight is 319 g/mol. The lowest BCUT2D eigenvalue weighted by molar-refractivity contribution is -0.125. The molecular weight excluding hydrogens is 298 g/mol. The Labute approximate surface area is 134 Å². The van der Waals surface area contributed by atoms with Gasteiger partial charge >= 0.3 is 12.0 Å². The fourth-order valence-electron chi connectivity index (χ4n) is 2.56. The zero-order chi connectivity index (χ0) is 16.7. The predicted octanol–water partition coefficient (Wildman–Crippen LogP) is 1.78. The highest BCUT2D eigenvalue weighted by molar-refractivity contribution is 5.93. The Morgan fingerprint density at radius 3 is 2.35 bits per heavy atom. The van der Waals surface area contributed by atoms with E-state index in [1.807, 2.05) is 0 Å². The van der Waals surface area contributed by atoms with Crippen LogP contribution in [-0.4, -0.2) is 30.6 Å². The predicted molar refractivity (Wildman–Crippen MR) is 84.9 cm³/mol. The molecule has 0 saturated heterocycles. The highest BCUT2D eigenvalue weighted by Crippen LogP contribution is 2.17. The van der Waals surface area contributed by atoms with Crippen molar-refractivity contribution in [3.63, 3.8) is 0 Å². The van der Waals surface area contributed by atoms with Gasteiger partial charge in [-0.1, -0.05) is 19.3 Å². The van der Waals surface area contributed by atoms with Gasteiger partial charge in [0.25, 0.3) is 5.91 Å². The lowest BCUT2D eigenvalue weighted by atomic mass is 9.95. The Hall–Kier alpha value is -2.57. The number of anilines is 1. The Bertz CT molecular complexity index is 565. The van der Waals surface area contributed by atoms with Crippen LogP contribution in [0.15, 0.2) is 24.3 Å². The molecule has 23 heavy (non-hydrogen) atoms. The van der Waals surface area contributed by atoms with Crippen LogP contribution in [0.2, 0.25) is 0 Å². The van der Waals surface area contributed by atoms with E-state index in [9.17, 15) is 14.4 Å². The molecule has 1 fully saturated rings. The van der Waals surface area contributed by atoms with Crippen molar-refractivity contribution in [3.05, 3.63) is 29.8 Å². The molecule has 4 N–H and O–H groups in total. The van der Waals surface area contributed by atoms with Gasteiger partial charge in [0.2, 0.25) is 0 Å². The molecule has 0 heterocycles. The Balaban J connectivity index is 1.77. The zero-order valence-corrected chi connectivity index (χ0v) is 12.8. The van der Waals surface area contributed by atoms with Crippen LogP contribution in [0.25, 0.3) is 0 Å². The normalized spacial score (nSPS) is 14.8. The summed E-state index contributed by atoms with van der Waals surface area (Å²) in [5, 5.41) is 5.27. The second kappa shape index (κ2) is 8.17. The minimum atomic E-state index is -0.681. The van der Waals surface area contributed by atoms with Crippen molar-refractivity contribution in [1.29, 1.82) is 0 Å². The molecule has 124 valence electrons. The molecule has 0 bridgehead atoms. The van der Waals surface area contributed by atoms with Crippen LogP contribution in [-0.2, 0) is 9.53 Å². The van der Waals surface area contributed by atoms with E-state index in [1.54, 1.807) is 0 Å². The lowest BCUT2D eigenvalue weighted by Gasteiger charge is -2.22. The smallest absolute Gasteiger partial charge is 0.338 e. The first-order chi connectivity index (χ1) is 11.0. The topological polar surface area (TPSA) is 111 Å². The summed E-state index contributed by atoms with van der Waals surface area (Å²) < 4.78 is 4.99. The summed E-state index contributed by atoms with van der Waals surface area (Å²) in [4.78, 5) is 34.3. The van der Waals surface area contributed by atoms with Gasteiger partial charge in [0, 0.05) is 11.7 Å². The van der Waals surface area contributed by atoms with E-state index >= 15 is 0 Å². The van der Waals surface area contributed by atoms with Gasteiger partial charge in [-0.3, -0.25) is 4.79 Å². The number of amides is 3. The molecule has 2 rings (SSSR count). The minimum absolute atomic E-state index is 0.189. The monoisotopic (exact) mass is 319 g/mol. The lowest BCUT2D eigenvalue weighted by Crippen LogP contribution is -2.38. The standard InChI is InChI=1S/C16H21N3O4/c17-16(22)19-13-8-6-11(7-9-13)15(21)23-10-14(20)18-12-4-2-1-3-5-12/h6-9,12H,1-5,10H2,(H,18,20)(H3,17,19,22). The van der Waals surface area contributed by atoms with Crippen molar-refractivity contribution < 1.29 is 19.1 Å². The van der Waals surface area contributed by atoms with Crippen LogP contribution >= 0.6 is 0 Å². The number of urea groups is 1. The highest BCUT2D eigenvalue weighted by Gasteiger charge is 2.17. The van der Waals surface area contributed by atoms with Gasteiger partial charge in [-0.2, -0.15) is 0 Å². The maximum absolute atomic E-state index is 11.9. The minimum Gasteiger partial charge on any atom is -0.452 e. The molecule has 1 aliphatic rings. The number of nitrogens with one attached hydrogen (secondary N) is 2. The van der Waals surface area contributed by atoms with E-state index in [4.69, 9.17) is 10.5 Å². The van der Waals surface area contributed by atoms with Gasteiger partial charge in [0.05, 0.1) is 5.56 Å². The summed E-state index contributed by atoms with van der Waals surface area (Å²) in [6.07, 6.45) is 5.41. The third kappa shape index (κ3) is 5.61. The molecule has 1 saturated carbocycles. The van der Waals surface area contributed by atoms with Crippen LogP contribution in [0.3, 0.4) is 0 Å². The van der Waals surface area contributed by atoms with Gasteiger partial charge in [0.1, 0.15) is 0 Å². The van der Waals surface area contributed by atoms with Crippen LogP contribution in [0.1, 0.15) is 42.5 Å². The molecule has 1 aliphatic carbocycles. The van der Waals surface area contributed by atoms with Crippen molar-refractivity contribution in [2.24, 2.45) is 5.73 Å². The summed E-state index contributed by atoms with van der Waals surface area (Å²) >= 11 is 0. The van der Waals surface area contributed by atoms with E-state index in [-0.39, 0.29) is 18.6 Å². The molecule has 3 amide bonds. The van der Waals surface area contributed by atoms with Crippen molar-refractivity contribution in [1.82, 2.24) is 5.32 Å². The quantitative estimate of drug-likeness (QED) is 0.718. The van der Waals surface area contributed by atoms with Crippen LogP contribution in [0.4, 0.5) is 10.5 Å². The molecule has 0 spiro atoms. The van der Waals surface area contributed by atoms with Gasteiger partial charge < -0.3 is 21.1 Å². The highest BCUT2D eigenvalue weighted by atomic mass is 16.5. The molecule has 1 aromatic rings. The number of benzene rings is 1. The first kappa shape index (κ1) is 16.8. The summed E-state index contributed by atoms with van der Waals surface area (Å²) in [6.45, 7) is -0.295. The zero-order valence-electron chi connectivity index (χ0n) is 12.8. The Kier molecular flexibility index (Phi) is 5.96. The molecule has 7 heteroatoms. The van der Waals surface area contributed by atoms with E-state index in [2.05, 4.69) is 10.6 Å². The number of rotatable bonds is 5. The molecule has 0 unspecified atom stereocenters. The van der Waals surface area contributed by atoms with Gasteiger partial charge in [-0.25, -0.2) is 9.59 Å². The second-order valence-corrected chi connectivity index (χ2v) is 5.55. The molecule has 0 aliphatic heterocycles. The maximum atomic E-state index is 11.9. The number of nitrogens with two attached hydrogens (primary N) is 1. The molecule has 0 atom stereocenters. The van der Waals surface area contributed by atoms with Crippen molar-refractivity contribution >= 4 is 23.6 Å². The SMILES string of the molecule is NC(=O)Nc1ccc(C(=O)OCC(=O)NC2CCCCC2)cc1. The van der Waals surface area contributed by atoms with Crippen molar-refractivity contribution in [2.75, 3.05) is 11.9 Å². The molecule has 0 aromatic heterocycles. The summed E-state index contributed by atoms with van der Waals surface area (Å²) in [7, 11) is 0. The van der Waals surface area contributed by atoms with Gasteiger partial charge in [0.15, 0.2) is 6.61 Å². The van der Waals surface area contributed by atoms with E-state index in [0.717, 1.165) is 25.7 Å². The van der Waals surface area contributed by atoms with E-state index in [1.165, 1.54) is 30.7 Å². The number of esters is 1. The largest absolute Gasteiger partial charge is 0.452 e. The van der Waals surface area contributed by atoms with Crippen molar-refractivity contribution in [3.8, 4) is 0 Å². The first-order valence-electron chi connectivity index (χ1n) is 7.67. The number of carbonyl (C=O) groups is 3. The second-order valence-electron chi connectivity index (χ2n) is 5.55. The summed E-state index contributed by atoms with van der Waals surface area (Å²) in [6, 6.07) is 5.56. The fourth-order valence-corrected chi connectivity index (χ4v) is 2.56. The van der Waals surface area contributed by atoms with E-state index < -0.39 is 12.0 Å². The molecule has 7 nitrogen and oxygen atoms in total. The average Bonchev–Trinajstić information content (AvgIpc) is 2.54. The van der Waals surface area contributed by atoms with Crippen LogP contribution in [0, 0.1) is 0 Å². The number of carbonyl (C=O) groups excluding carboxylic acids is 3. The Morgan fingerprint density at radius 1 is 1.09 bits per heavy atom. The summed E-state index contributed by atoms with van der Waals surface area (Å²) in [5.41, 5.74) is 5.77. The number of hydrogen-bond acceptors (Lipinski definition) is 4. The van der Waals surface area contributed by atoms with Gasteiger partial charge in [-0.05, 0) is 37.1 Å². The third-order valence-electron chi connectivity index (χ3n) is 3.69. The Morgan fingerprint density at radius 2 is 1.74 bits per heavy atom. The number of primary amides is 1. The fraction of sp³-hybridized carbons (Fsp3) is 0.438. The number of hydrogen-bond donors (Lipinski definition) is 3. The van der Waals surface area contributed by atoms with E-state index in [0.29, 0.717) is 11.3 Å². The van der Waals surface area contributed by atoms with Gasteiger partial charge in [-0.15, -0.1) is 0 Å². The first-order valence-corrected chi connectivity index (χ1v) is 7.67.